The maximum absolute atomic E-state index is 12.1. The zero-order valence-corrected chi connectivity index (χ0v) is 11.6. The average Bonchev–Trinajstić information content (AvgIpc) is 2.39. The van der Waals surface area contributed by atoms with Gasteiger partial charge in [-0.15, -0.1) is 0 Å². The molecule has 1 unspecified atom stereocenters. The van der Waals surface area contributed by atoms with Crippen molar-refractivity contribution in [2.24, 2.45) is 0 Å². The van der Waals surface area contributed by atoms with E-state index >= 15 is 0 Å². The van der Waals surface area contributed by atoms with Crippen molar-refractivity contribution in [1.29, 1.82) is 0 Å². The van der Waals surface area contributed by atoms with Gasteiger partial charge in [0.25, 0.3) is 0 Å². The van der Waals surface area contributed by atoms with Gasteiger partial charge < -0.3 is 9.47 Å². The van der Waals surface area contributed by atoms with E-state index in [4.69, 9.17) is 9.47 Å². The fourth-order valence-electron chi connectivity index (χ4n) is 1.48. The molecule has 5 heteroatoms. The predicted molar refractivity (Wildman–Crippen MR) is 71.0 cm³/mol. The van der Waals surface area contributed by atoms with E-state index in [0.29, 0.717) is 36.9 Å². The van der Waals surface area contributed by atoms with Crippen LogP contribution >= 0.6 is 7.80 Å². The molecule has 0 aliphatic heterocycles. The van der Waals surface area contributed by atoms with Gasteiger partial charge in [0.15, 0.2) is 6.16 Å². The third-order valence-electron chi connectivity index (χ3n) is 2.31. The Morgan fingerprint density at radius 2 is 1.94 bits per heavy atom. The summed E-state index contributed by atoms with van der Waals surface area (Å²) in [5.41, 5.74) is 0.386. The topological polar surface area (TPSA) is 52.6 Å². The first kappa shape index (κ1) is 14.8. The first-order chi connectivity index (χ1) is 8.70. The standard InChI is InChI=1S/C13H18O4P/c1-3-16-9-10-18(15)12-8-6-5-7-11(12)13(14)17-4-2/h5-8H,3-4,9-10H2,1-2H3/q+1. The summed E-state index contributed by atoms with van der Waals surface area (Å²) in [6, 6.07) is 6.85. The van der Waals surface area contributed by atoms with Crippen molar-refractivity contribution in [2.75, 3.05) is 26.0 Å². The maximum Gasteiger partial charge on any atom is 0.380 e. The zero-order chi connectivity index (χ0) is 13.4. The first-order valence-electron chi connectivity index (χ1n) is 5.99. The zero-order valence-electron chi connectivity index (χ0n) is 10.7. The van der Waals surface area contributed by atoms with Crippen molar-refractivity contribution in [1.82, 2.24) is 0 Å². The molecule has 98 valence electrons. The monoisotopic (exact) mass is 269 g/mol. The van der Waals surface area contributed by atoms with Crippen LogP contribution in [0.2, 0.25) is 0 Å². The highest BCUT2D eigenvalue weighted by molar-refractivity contribution is 7.53. The van der Waals surface area contributed by atoms with Gasteiger partial charge in [-0.2, -0.15) is 0 Å². The summed E-state index contributed by atoms with van der Waals surface area (Å²) < 4.78 is 22.2. The molecule has 0 amide bonds. The molecule has 1 rings (SSSR count). The number of esters is 1. The Morgan fingerprint density at radius 3 is 2.61 bits per heavy atom. The van der Waals surface area contributed by atoms with Crippen LogP contribution in [0, 0.1) is 0 Å². The average molecular weight is 269 g/mol. The molecule has 0 spiro atoms. The Balaban J connectivity index is 2.81. The number of carbonyl (C=O) groups excluding carboxylic acids is 1. The van der Waals surface area contributed by atoms with Crippen molar-refractivity contribution in [3.8, 4) is 0 Å². The summed E-state index contributed by atoms with van der Waals surface area (Å²) >= 11 is 0. The number of ether oxygens (including phenoxy) is 2. The second kappa shape index (κ2) is 7.96. The van der Waals surface area contributed by atoms with Crippen LogP contribution in [0.4, 0.5) is 0 Å². The van der Waals surface area contributed by atoms with Crippen molar-refractivity contribution in [3.63, 3.8) is 0 Å². The van der Waals surface area contributed by atoms with Crippen molar-refractivity contribution in [2.45, 2.75) is 13.8 Å². The minimum Gasteiger partial charge on any atom is -0.462 e. The molecule has 0 heterocycles. The van der Waals surface area contributed by atoms with Crippen LogP contribution in [0.5, 0.6) is 0 Å². The van der Waals surface area contributed by atoms with Crippen molar-refractivity contribution in [3.05, 3.63) is 29.8 Å². The third kappa shape index (κ3) is 4.21. The van der Waals surface area contributed by atoms with E-state index in [2.05, 4.69) is 0 Å². The quantitative estimate of drug-likeness (QED) is 0.433. The first-order valence-corrected chi connectivity index (χ1v) is 7.43. The Hall–Kier alpha value is -1.25. The van der Waals surface area contributed by atoms with Gasteiger partial charge in [-0.05, 0) is 26.0 Å². The van der Waals surface area contributed by atoms with Crippen LogP contribution in [0.15, 0.2) is 24.3 Å². The molecule has 0 saturated carbocycles. The number of hydrogen-bond acceptors (Lipinski definition) is 4. The molecule has 0 aromatic heterocycles. The van der Waals surface area contributed by atoms with Gasteiger partial charge in [0.1, 0.15) is 5.56 Å². The van der Waals surface area contributed by atoms with Crippen LogP contribution in [-0.2, 0) is 14.0 Å². The molecule has 0 radical (unpaired) electrons. The van der Waals surface area contributed by atoms with Gasteiger partial charge in [-0.1, -0.05) is 16.7 Å². The van der Waals surface area contributed by atoms with Gasteiger partial charge in [0.05, 0.1) is 13.2 Å². The minimum atomic E-state index is -1.63. The van der Waals surface area contributed by atoms with Gasteiger partial charge in [0.2, 0.25) is 5.30 Å². The highest BCUT2D eigenvalue weighted by Crippen LogP contribution is 2.22. The molecule has 4 nitrogen and oxygen atoms in total. The van der Waals surface area contributed by atoms with Gasteiger partial charge in [0, 0.05) is 6.61 Å². The molecule has 0 saturated heterocycles. The summed E-state index contributed by atoms with van der Waals surface area (Å²) in [5, 5.41) is 0.547. The second-order valence-corrected chi connectivity index (χ2v) is 5.22. The molecular formula is C13H18O4P+. The Labute approximate surface area is 108 Å². The van der Waals surface area contributed by atoms with E-state index in [9.17, 15) is 9.36 Å². The molecule has 1 aromatic rings. The Morgan fingerprint density at radius 1 is 1.22 bits per heavy atom. The van der Waals surface area contributed by atoms with Crippen LogP contribution in [-0.4, -0.2) is 32.0 Å². The van der Waals surface area contributed by atoms with E-state index < -0.39 is 13.8 Å². The second-order valence-electron chi connectivity index (χ2n) is 3.54. The smallest absolute Gasteiger partial charge is 0.380 e. The largest absolute Gasteiger partial charge is 0.462 e. The summed E-state index contributed by atoms with van der Waals surface area (Å²) in [6.07, 6.45) is 0.416. The van der Waals surface area contributed by atoms with Gasteiger partial charge in [-0.25, -0.2) is 4.79 Å². The SMILES string of the molecule is CCOCC[P+](=O)c1ccccc1C(=O)OCC. The summed E-state index contributed by atoms with van der Waals surface area (Å²) in [4.78, 5) is 11.7. The number of carbonyl (C=O) groups is 1. The minimum absolute atomic E-state index is 0.308. The van der Waals surface area contributed by atoms with Crippen LogP contribution in [0.25, 0.3) is 0 Å². The van der Waals surface area contributed by atoms with Crippen molar-refractivity contribution < 1.29 is 18.8 Å². The lowest BCUT2D eigenvalue weighted by atomic mass is 10.2. The molecule has 18 heavy (non-hydrogen) atoms. The number of hydrogen-bond donors (Lipinski definition) is 0. The highest BCUT2D eigenvalue weighted by Gasteiger charge is 2.27. The molecule has 1 aromatic carbocycles. The maximum atomic E-state index is 12.1. The Kier molecular flexibility index (Phi) is 6.55. The van der Waals surface area contributed by atoms with Crippen LogP contribution in [0.1, 0.15) is 24.2 Å². The van der Waals surface area contributed by atoms with E-state index in [1.165, 1.54) is 0 Å². The molecule has 1 atom stereocenters. The predicted octanol–water partition coefficient (Wildman–Crippen LogP) is 2.35. The molecular weight excluding hydrogens is 251 g/mol. The normalized spacial score (nSPS) is 11.1. The van der Waals surface area contributed by atoms with Crippen LogP contribution in [0.3, 0.4) is 0 Å². The number of benzene rings is 1. The van der Waals surface area contributed by atoms with Gasteiger partial charge in [-0.3, -0.25) is 0 Å². The fourth-order valence-corrected chi connectivity index (χ4v) is 2.71. The summed E-state index contributed by atoms with van der Waals surface area (Å²) in [7, 11) is -1.63. The van der Waals surface area contributed by atoms with E-state index in [1.807, 2.05) is 6.92 Å². The third-order valence-corrected chi connectivity index (χ3v) is 3.83. The van der Waals surface area contributed by atoms with E-state index in [0.717, 1.165) is 0 Å². The fraction of sp³-hybridized carbons (Fsp3) is 0.462. The molecule has 0 aliphatic rings. The lowest BCUT2D eigenvalue weighted by molar-refractivity contribution is 0.0528. The van der Waals surface area contributed by atoms with E-state index in [-0.39, 0.29) is 0 Å². The van der Waals surface area contributed by atoms with Crippen molar-refractivity contribution >= 4 is 19.1 Å². The molecule has 0 fully saturated rings. The highest BCUT2D eigenvalue weighted by atomic mass is 31.1. The molecule has 0 N–H and O–H groups in total. The summed E-state index contributed by atoms with van der Waals surface area (Å²) in [5.74, 6) is -0.423. The number of rotatable bonds is 7. The lowest BCUT2D eigenvalue weighted by Gasteiger charge is -2.02. The Bertz CT molecular complexity index is 417. The molecule has 0 bridgehead atoms. The summed E-state index contributed by atoms with van der Waals surface area (Å²) in [6.45, 7) is 4.98. The van der Waals surface area contributed by atoms with Gasteiger partial charge >= 0.3 is 13.8 Å². The van der Waals surface area contributed by atoms with E-state index in [1.54, 1.807) is 31.2 Å². The van der Waals surface area contributed by atoms with Crippen LogP contribution < -0.4 is 5.30 Å². The molecule has 0 aliphatic carbocycles. The lowest BCUT2D eigenvalue weighted by Crippen LogP contribution is -2.16.